The maximum Gasteiger partial charge on any atom is 0.411 e. The fourth-order valence-electron chi connectivity index (χ4n) is 1.95. The van der Waals surface area contributed by atoms with Crippen LogP contribution in [0.3, 0.4) is 0 Å². The van der Waals surface area contributed by atoms with Crippen LogP contribution in [0.15, 0.2) is 24.3 Å². The van der Waals surface area contributed by atoms with Gasteiger partial charge >= 0.3 is 6.09 Å². The molecule has 1 N–H and O–H groups in total. The number of benzene rings is 1. The van der Waals surface area contributed by atoms with Gasteiger partial charge in [0.05, 0.1) is 21.3 Å². The van der Waals surface area contributed by atoms with Crippen LogP contribution in [0.1, 0.15) is 5.56 Å². The van der Waals surface area contributed by atoms with Crippen LogP contribution in [-0.4, -0.2) is 47.6 Å². The lowest BCUT2D eigenvalue weighted by molar-refractivity contribution is -0.118. The fraction of sp³-hybridized carbons (Fsp3) is 0.357. The summed E-state index contributed by atoms with van der Waals surface area (Å²) in [6, 6.07) is 7.30. The van der Waals surface area contributed by atoms with E-state index in [0.717, 1.165) is 17.3 Å². The molecule has 1 aromatic rings. The topological polar surface area (TPSA) is 84.9 Å². The van der Waals surface area contributed by atoms with Crippen molar-refractivity contribution >= 4 is 38.5 Å². The van der Waals surface area contributed by atoms with Gasteiger partial charge in [-0.15, -0.1) is 0 Å². The highest BCUT2D eigenvalue weighted by molar-refractivity contribution is 8.15. The Hall–Kier alpha value is -1.79. The summed E-state index contributed by atoms with van der Waals surface area (Å²) in [5.74, 6) is 0.422. The first-order valence-electron chi connectivity index (χ1n) is 6.84. The minimum absolute atomic E-state index is 0.246. The van der Waals surface area contributed by atoms with Crippen LogP contribution in [0.2, 0.25) is 0 Å². The molecule has 1 heterocycles. The molecule has 7 nitrogen and oxygen atoms in total. The Morgan fingerprint density at radius 1 is 1.35 bits per heavy atom. The second-order valence-corrected chi connectivity index (χ2v) is 6.30. The van der Waals surface area contributed by atoms with Crippen LogP contribution in [0.5, 0.6) is 5.75 Å². The van der Waals surface area contributed by atoms with Crippen LogP contribution >= 0.6 is 21.2 Å². The van der Waals surface area contributed by atoms with Gasteiger partial charge in [-0.1, -0.05) is 23.9 Å². The molecule has 9 heteroatoms. The fourth-order valence-corrected chi connectivity index (χ4v) is 2.98. The molecule has 0 aromatic heterocycles. The number of imide groups is 1. The summed E-state index contributed by atoms with van der Waals surface area (Å²) in [6.07, 6.45) is 0.0430. The van der Waals surface area contributed by atoms with E-state index >= 15 is 0 Å². The minimum Gasteiger partial charge on any atom is -0.492 e. The lowest BCUT2D eigenvalue weighted by atomic mass is 10.1. The molecule has 124 valence electrons. The van der Waals surface area contributed by atoms with E-state index in [-0.39, 0.29) is 16.4 Å². The highest BCUT2D eigenvalue weighted by Gasteiger charge is 2.31. The van der Waals surface area contributed by atoms with Crippen molar-refractivity contribution in [3.05, 3.63) is 29.8 Å². The average molecular weight is 356 g/mol. The van der Waals surface area contributed by atoms with E-state index in [2.05, 4.69) is 9.84 Å². The maximum atomic E-state index is 11.5. The van der Waals surface area contributed by atoms with Crippen LogP contribution in [0.4, 0.5) is 9.59 Å². The van der Waals surface area contributed by atoms with Gasteiger partial charge in [0, 0.05) is 7.05 Å². The molecule has 0 saturated carbocycles. The van der Waals surface area contributed by atoms with Gasteiger partial charge in [-0.2, -0.15) is 0 Å². The third-order valence-corrected chi connectivity index (χ3v) is 4.40. The van der Waals surface area contributed by atoms with E-state index < -0.39 is 6.09 Å². The molecule has 3 amide bonds. The van der Waals surface area contributed by atoms with Crippen molar-refractivity contribution in [1.29, 1.82) is 0 Å². The number of hydrogen-bond acceptors (Lipinski definition) is 6. The summed E-state index contributed by atoms with van der Waals surface area (Å²) in [5.41, 5.74) is 0.948. The third kappa shape index (κ3) is 5.11. The molecule has 23 heavy (non-hydrogen) atoms. The number of likely N-dealkylation sites (N-methyl/N-ethyl adjacent to an activating group) is 1. The van der Waals surface area contributed by atoms with Gasteiger partial charge in [0.15, 0.2) is 0 Å². The Labute approximate surface area is 140 Å². The first kappa shape index (κ1) is 17.6. The van der Waals surface area contributed by atoms with Crippen molar-refractivity contribution in [2.45, 2.75) is 11.7 Å². The summed E-state index contributed by atoms with van der Waals surface area (Å²) in [5, 5.41) is 1.60. The first-order chi connectivity index (χ1) is 11.0. The third-order valence-electron chi connectivity index (χ3n) is 3.22. The molecule has 0 bridgehead atoms. The van der Waals surface area contributed by atoms with Crippen molar-refractivity contribution in [2.75, 3.05) is 20.2 Å². The summed E-state index contributed by atoms with van der Waals surface area (Å²) >= 11 is 1.01. The number of nitrogens with zero attached hydrogens (tertiary/aromatic N) is 1. The molecule has 0 radical (unpaired) electrons. The lowest BCUT2D eigenvalue weighted by Crippen LogP contribution is -2.29. The van der Waals surface area contributed by atoms with Crippen LogP contribution in [0.25, 0.3) is 0 Å². The zero-order valence-corrected chi connectivity index (χ0v) is 14.5. The second kappa shape index (κ2) is 8.17. The van der Waals surface area contributed by atoms with Crippen molar-refractivity contribution in [2.24, 2.45) is 0 Å². The van der Waals surface area contributed by atoms with E-state index in [0.29, 0.717) is 25.3 Å². The number of hydrogen-bond donors (Lipinski definition) is 1. The lowest BCUT2D eigenvalue weighted by Gasteiger charge is -2.15. The van der Waals surface area contributed by atoms with Crippen LogP contribution < -0.4 is 10.1 Å². The molecular formula is C14H17N2O5PS. The van der Waals surface area contributed by atoms with Gasteiger partial charge < -0.3 is 14.2 Å². The van der Waals surface area contributed by atoms with Crippen molar-refractivity contribution in [3.63, 3.8) is 0 Å². The van der Waals surface area contributed by atoms with E-state index in [1.54, 1.807) is 19.2 Å². The molecule has 1 fully saturated rings. The summed E-state index contributed by atoms with van der Waals surface area (Å²) in [7, 11) is 3.52. The SMILES string of the molecule is CN(CCOc1ccc(CC2SC(=O)NC2=O)cc1)C(=O)OP. The monoisotopic (exact) mass is 356 g/mol. The van der Waals surface area contributed by atoms with Crippen molar-refractivity contribution in [3.8, 4) is 5.75 Å². The molecular weight excluding hydrogens is 339 g/mol. The Morgan fingerprint density at radius 3 is 2.61 bits per heavy atom. The molecule has 1 aliphatic rings. The highest BCUT2D eigenvalue weighted by Crippen LogP contribution is 2.23. The van der Waals surface area contributed by atoms with Crippen molar-refractivity contribution in [1.82, 2.24) is 10.2 Å². The van der Waals surface area contributed by atoms with E-state index in [9.17, 15) is 14.4 Å². The Kier molecular flexibility index (Phi) is 6.24. The normalized spacial score (nSPS) is 16.9. The van der Waals surface area contributed by atoms with Gasteiger partial charge in [-0.25, -0.2) is 4.79 Å². The molecule has 1 saturated heterocycles. The first-order valence-corrected chi connectivity index (χ1v) is 8.19. The molecule has 0 aliphatic carbocycles. The van der Waals surface area contributed by atoms with Crippen LogP contribution in [-0.2, 0) is 15.7 Å². The predicted molar refractivity (Wildman–Crippen MR) is 89.4 cm³/mol. The molecule has 2 unspecified atom stereocenters. The van der Waals surface area contributed by atoms with Crippen LogP contribution in [0, 0.1) is 0 Å². The zero-order chi connectivity index (χ0) is 16.8. The zero-order valence-electron chi connectivity index (χ0n) is 12.5. The van der Waals surface area contributed by atoms with Crippen molar-refractivity contribution < 1.29 is 23.6 Å². The molecule has 2 rings (SSSR count). The standard InChI is InChI=1S/C14H17N2O5PS/c1-16(14(19)21-22)6-7-20-10-4-2-9(3-5-10)8-11-12(17)15-13(18)23-11/h2-5,11H,6-8,22H2,1H3,(H,15,17,18). The van der Waals surface area contributed by atoms with E-state index in [1.165, 1.54) is 4.90 Å². The maximum absolute atomic E-state index is 11.5. The van der Waals surface area contributed by atoms with Gasteiger partial charge in [0.1, 0.15) is 12.4 Å². The predicted octanol–water partition coefficient (Wildman–Crippen LogP) is 1.82. The molecule has 1 aliphatic heterocycles. The number of amides is 3. The molecule has 1 aromatic carbocycles. The second-order valence-electron chi connectivity index (χ2n) is 4.89. The Bertz CT molecular complexity index is 595. The smallest absolute Gasteiger partial charge is 0.411 e. The van der Waals surface area contributed by atoms with Gasteiger partial charge in [-0.05, 0) is 24.1 Å². The van der Waals surface area contributed by atoms with E-state index in [1.807, 2.05) is 21.6 Å². The number of carbonyl (C=O) groups is 3. The largest absolute Gasteiger partial charge is 0.492 e. The Balaban J connectivity index is 1.79. The molecule has 2 atom stereocenters. The van der Waals surface area contributed by atoms with Gasteiger partial charge in [-0.3, -0.25) is 14.9 Å². The number of carbonyl (C=O) groups excluding carboxylic acids is 3. The molecule has 0 spiro atoms. The number of nitrogens with one attached hydrogen (secondary N) is 1. The Morgan fingerprint density at radius 2 is 2.04 bits per heavy atom. The number of thioether (sulfide) groups is 1. The van der Waals surface area contributed by atoms with Gasteiger partial charge in [0.25, 0.3) is 5.24 Å². The average Bonchev–Trinajstić information content (AvgIpc) is 2.85. The number of rotatable bonds is 6. The van der Waals surface area contributed by atoms with Gasteiger partial charge in [0.2, 0.25) is 5.91 Å². The summed E-state index contributed by atoms with van der Waals surface area (Å²) in [6.45, 7) is 0.737. The summed E-state index contributed by atoms with van der Waals surface area (Å²) < 4.78 is 10.0. The van der Waals surface area contributed by atoms with E-state index in [4.69, 9.17) is 4.74 Å². The highest BCUT2D eigenvalue weighted by atomic mass is 32.2. The number of ether oxygens (including phenoxy) is 1. The quantitative estimate of drug-likeness (QED) is 0.783. The minimum atomic E-state index is -0.448. The summed E-state index contributed by atoms with van der Waals surface area (Å²) in [4.78, 5) is 35.2.